The van der Waals surface area contributed by atoms with Crippen molar-refractivity contribution in [2.24, 2.45) is 0 Å². The minimum atomic E-state index is -0.380. The largest absolute Gasteiger partial charge is 0.383 e. The van der Waals surface area contributed by atoms with Crippen LogP contribution in [0.2, 0.25) is 0 Å². The van der Waals surface area contributed by atoms with Crippen molar-refractivity contribution in [1.82, 2.24) is 9.55 Å². The lowest BCUT2D eigenvalue weighted by molar-refractivity contribution is -0.00295. The average Bonchev–Trinajstić information content (AvgIpc) is 2.57. The molecule has 0 bridgehead atoms. The smallest absolute Gasteiger partial charge is 0.351 e. The van der Waals surface area contributed by atoms with Gasteiger partial charge in [-0.3, -0.25) is 4.57 Å². The number of anilines is 1. The van der Waals surface area contributed by atoms with Crippen LogP contribution < -0.4 is 11.4 Å². The fourth-order valence-corrected chi connectivity index (χ4v) is 3.38. The number of hydrogen-bond acceptors (Lipinski definition) is 6. The summed E-state index contributed by atoms with van der Waals surface area (Å²) in [5.74, 6) is 0.909. The molecule has 2 heterocycles. The summed E-state index contributed by atoms with van der Waals surface area (Å²) in [6.07, 6.45) is 1.33. The summed E-state index contributed by atoms with van der Waals surface area (Å²) in [5.41, 5.74) is 6.27. The molecule has 0 radical (unpaired) electrons. The van der Waals surface area contributed by atoms with E-state index in [0.717, 1.165) is 5.56 Å². The molecule has 1 saturated heterocycles. The molecule has 0 saturated carbocycles. The highest BCUT2D eigenvalue weighted by Gasteiger charge is 2.24. The Balaban J connectivity index is 1.46. The Bertz CT molecular complexity index is 684. The maximum absolute atomic E-state index is 11.8. The predicted octanol–water partition coefficient (Wildman–Crippen LogP) is 1.67. The molecule has 2 unspecified atom stereocenters. The molecule has 2 N–H and O–H groups in total. The van der Waals surface area contributed by atoms with E-state index in [9.17, 15) is 4.79 Å². The molecule has 7 heteroatoms. The zero-order valence-corrected chi connectivity index (χ0v) is 13.4. The molecule has 1 aromatic carbocycles. The summed E-state index contributed by atoms with van der Waals surface area (Å²) in [4.78, 5) is 15.5. The Morgan fingerprint density at radius 1 is 1.35 bits per heavy atom. The van der Waals surface area contributed by atoms with Gasteiger partial charge >= 0.3 is 5.69 Å². The van der Waals surface area contributed by atoms with Gasteiger partial charge in [-0.2, -0.15) is 4.98 Å². The zero-order chi connectivity index (χ0) is 16.1. The molecular weight excluding hydrogens is 314 g/mol. The lowest BCUT2D eigenvalue weighted by Gasteiger charge is -2.29. The summed E-state index contributed by atoms with van der Waals surface area (Å²) in [6.45, 7) is 1.77. The van der Waals surface area contributed by atoms with Gasteiger partial charge in [0.15, 0.2) is 0 Å². The molecule has 6 nitrogen and oxygen atoms in total. The Hall–Kier alpha value is -1.83. The molecule has 122 valence electrons. The monoisotopic (exact) mass is 333 g/mol. The quantitative estimate of drug-likeness (QED) is 0.897. The maximum atomic E-state index is 11.8. The number of nitrogen functional groups attached to an aromatic ring is 1. The minimum Gasteiger partial charge on any atom is -0.383 e. The van der Waals surface area contributed by atoms with E-state index in [1.807, 2.05) is 30.3 Å². The van der Waals surface area contributed by atoms with Crippen molar-refractivity contribution >= 4 is 17.6 Å². The lowest BCUT2D eigenvalue weighted by Crippen LogP contribution is -2.35. The highest BCUT2D eigenvalue weighted by atomic mass is 32.2. The van der Waals surface area contributed by atoms with Gasteiger partial charge < -0.3 is 15.2 Å². The standard InChI is InChI=1S/C16H19N3O3S/c17-14-6-7-19(16(20)18-14)15-11-23-13(10-22-15)9-21-8-12-4-2-1-3-5-12/h1-7,13,15H,8-11H2,(H2,17,18,20). The number of thioether (sulfide) groups is 1. The van der Waals surface area contributed by atoms with Crippen LogP contribution in [-0.2, 0) is 16.1 Å². The Morgan fingerprint density at radius 3 is 2.87 bits per heavy atom. The number of rotatable bonds is 5. The molecule has 1 aliphatic heterocycles. The molecule has 23 heavy (non-hydrogen) atoms. The van der Waals surface area contributed by atoms with Crippen LogP contribution in [0, 0.1) is 0 Å². The van der Waals surface area contributed by atoms with Crippen molar-refractivity contribution in [2.45, 2.75) is 18.1 Å². The first-order valence-electron chi connectivity index (χ1n) is 7.42. The van der Waals surface area contributed by atoms with Crippen LogP contribution in [-0.4, -0.2) is 33.8 Å². The van der Waals surface area contributed by atoms with Crippen LogP contribution in [0.5, 0.6) is 0 Å². The summed E-state index contributed by atoms with van der Waals surface area (Å²) in [7, 11) is 0. The normalized spacial score (nSPS) is 21.2. The molecule has 1 fully saturated rings. The Morgan fingerprint density at radius 2 is 2.17 bits per heavy atom. The van der Waals surface area contributed by atoms with Crippen LogP contribution in [0.1, 0.15) is 11.8 Å². The third kappa shape index (κ3) is 4.34. The van der Waals surface area contributed by atoms with Gasteiger partial charge in [0.05, 0.1) is 25.1 Å². The van der Waals surface area contributed by atoms with Crippen LogP contribution in [0.4, 0.5) is 5.82 Å². The Labute approximate surface area is 138 Å². The van der Waals surface area contributed by atoms with Gasteiger partial charge in [-0.05, 0) is 11.6 Å². The van der Waals surface area contributed by atoms with Crippen molar-refractivity contribution in [1.29, 1.82) is 0 Å². The molecule has 0 aliphatic carbocycles. The van der Waals surface area contributed by atoms with Gasteiger partial charge in [0.1, 0.15) is 12.0 Å². The van der Waals surface area contributed by atoms with Gasteiger partial charge in [-0.25, -0.2) is 4.79 Å². The van der Waals surface area contributed by atoms with Gasteiger partial charge in [0.25, 0.3) is 0 Å². The van der Waals surface area contributed by atoms with E-state index < -0.39 is 0 Å². The first kappa shape index (κ1) is 16.0. The molecule has 0 spiro atoms. The van der Waals surface area contributed by atoms with E-state index in [1.54, 1.807) is 24.0 Å². The second kappa shape index (κ2) is 7.63. The first-order chi connectivity index (χ1) is 11.2. The third-order valence-corrected chi connectivity index (χ3v) is 4.75. The Kier molecular flexibility index (Phi) is 5.32. The van der Waals surface area contributed by atoms with E-state index in [2.05, 4.69) is 4.98 Å². The van der Waals surface area contributed by atoms with Crippen molar-refractivity contribution in [2.75, 3.05) is 24.7 Å². The predicted molar refractivity (Wildman–Crippen MR) is 90.2 cm³/mol. The third-order valence-electron chi connectivity index (χ3n) is 3.53. The van der Waals surface area contributed by atoms with Gasteiger partial charge in [-0.15, -0.1) is 11.8 Å². The van der Waals surface area contributed by atoms with Crippen LogP contribution in [0.3, 0.4) is 0 Å². The molecular formula is C16H19N3O3S. The summed E-state index contributed by atoms with van der Waals surface area (Å²) >= 11 is 1.75. The fourth-order valence-electron chi connectivity index (χ4n) is 2.32. The molecule has 3 rings (SSSR count). The number of nitrogens with zero attached hydrogens (tertiary/aromatic N) is 2. The highest BCUT2D eigenvalue weighted by Crippen LogP contribution is 2.26. The van der Waals surface area contributed by atoms with Crippen molar-refractivity contribution in [3.63, 3.8) is 0 Å². The van der Waals surface area contributed by atoms with Gasteiger partial charge in [0, 0.05) is 11.9 Å². The van der Waals surface area contributed by atoms with Gasteiger partial charge in [0.2, 0.25) is 0 Å². The fraction of sp³-hybridized carbons (Fsp3) is 0.375. The lowest BCUT2D eigenvalue weighted by atomic mass is 10.2. The highest BCUT2D eigenvalue weighted by molar-refractivity contribution is 8.00. The zero-order valence-electron chi connectivity index (χ0n) is 12.6. The average molecular weight is 333 g/mol. The number of ether oxygens (including phenoxy) is 2. The second-order valence-electron chi connectivity index (χ2n) is 5.29. The minimum absolute atomic E-state index is 0.224. The summed E-state index contributed by atoms with van der Waals surface area (Å²) in [6, 6.07) is 11.7. The van der Waals surface area contributed by atoms with Crippen molar-refractivity contribution in [3.8, 4) is 0 Å². The van der Waals surface area contributed by atoms with Crippen molar-refractivity contribution in [3.05, 3.63) is 58.6 Å². The van der Waals surface area contributed by atoms with E-state index >= 15 is 0 Å². The molecule has 0 amide bonds. The van der Waals surface area contributed by atoms with Crippen LogP contribution in [0.25, 0.3) is 0 Å². The topological polar surface area (TPSA) is 79.4 Å². The van der Waals surface area contributed by atoms with Crippen molar-refractivity contribution < 1.29 is 9.47 Å². The molecule has 1 aliphatic rings. The first-order valence-corrected chi connectivity index (χ1v) is 8.47. The van der Waals surface area contributed by atoms with Gasteiger partial charge in [-0.1, -0.05) is 30.3 Å². The van der Waals surface area contributed by atoms with E-state index in [1.165, 1.54) is 4.57 Å². The summed E-state index contributed by atoms with van der Waals surface area (Å²) < 4.78 is 13.0. The number of aromatic nitrogens is 2. The number of benzene rings is 1. The van der Waals surface area contributed by atoms with Crippen LogP contribution in [0.15, 0.2) is 47.4 Å². The number of nitrogens with two attached hydrogens (primary N) is 1. The molecule has 1 aromatic heterocycles. The van der Waals surface area contributed by atoms with Crippen LogP contribution >= 0.6 is 11.8 Å². The molecule has 2 atom stereocenters. The molecule has 2 aromatic rings. The summed E-state index contributed by atoms with van der Waals surface area (Å²) in [5, 5.41) is 0.271. The number of hydrogen-bond donors (Lipinski definition) is 1. The van der Waals surface area contributed by atoms with E-state index in [0.29, 0.717) is 25.6 Å². The SMILES string of the molecule is Nc1ccn(C2CSC(COCc3ccccc3)CO2)c(=O)n1. The van der Waals surface area contributed by atoms with E-state index in [-0.39, 0.29) is 23.0 Å². The van der Waals surface area contributed by atoms with E-state index in [4.69, 9.17) is 15.2 Å². The maximum Gasteiger partial charge on any atom is 0.351 e. The second-order valence-corrected chi connectivity index (χ2v) is 6.62.